The molecule has 1 N–H and O–H groups in total. The molecule has 1 aromatic rings. The second kappa shape index (κ2) is 6.17. The monoisotopic (exact) mass is 239 g/mol. The number of nitrogens with zero attached hydrogens (tertiary/aromatic N) is 2. The molecule has 1 aromatic heterocycles. The topological polar surface area (TPSA) is 39.1 Å². The number of aryl methyl sites for hydroxylation is 1. The molecule has 0 saturated carbocycles. The molecule has 0 aliphatic heterocycles. The van der Waals surface area contributed by atoms with Crippen LogP contribution in [0.4, 0.5) is 0 Å². The summed E-state index contributed by atoms with van der Waals surface area (Å²) >= 11 is 0. The van der Waals surface area contributed by atoms with Crippen LogP contribution in [0.25, 0.3) is 0 Å². The number of nitrogens with one attached hydrogen (secondary N) is 1. The molecular weight excluding hydrogens is 214 g/mol. The molecule has 0 radical (unpaired) electrons. The SMILES string of the molecule is CCCNC(c1ccnn1C)C(C)(CC)OC. The maximum Gasteiger partial charge on any atom is 0.0857 e. The summed E-state index contributed by atoms with van der Waals surface area (Å²) in [6.45, 7) is 7.45. The molecule has 0 aliphatic carbocycles. The van der Waals surface area contributed by atoms with Crippen LogP contribution in [-0.2, 0) is 11.8 Å². The van der Waals surface area contributed by atoms with Gasteiger partial charge in [0.25, 0.3) is 0 Å². The van der Waals surface area contributed by atoms with Gasteiger partial charge in [0.15, 0.2) is 0 Å². The van der Waals surface area contributed by atoms with Crippen LogP contribution in [-0.4, -0.2) is 29.0 Å². The van der Waals surface area contributed by atoms with E-state index in [1.165, 1.54) is 5.69 Å². The zero-order valence-electron chi connectivity index (χ0n) is 11.7. The van der Waals surface area contributed by atoms with Crippen molar-refractivity contribution < 1.29 is 4.74 Å². The van der Waals surface area contributed by atoms with Crippen molar-refractivity contribution in [3.05, 3.63) is 18.0 Å². The van der Waals surface area contributed by atoms with Crippen LogP contribution in [0.5, 0.6) is 0 Å². The maximum atomic E-state index is 5.72. The predicted octanol–water partition coefficient (Wildman–Crippen LogP) is 2.28. The van der Waals surface area contributed by atoms with E-state index >= 15 is 0 Å². The number of hydrogen-bond acceptors (Lipinski definition) is 3. The standard InChI is InChI=1S/C13H25N3O/c1-6-9-14-12(13(3,7-2)17-5)11-8-10-15-16(11)4/h8,10,12,14H,6-7,9H2,1-5H3. The van der Waals surface area contributed by atoms with Gasteiger partial charge in [-0.2, -0.15) is 5.10 Å². The molecule has 2 unspecified atom stereocenters. The Morgan fingerprint density at radius 2 is 2.24 bits per heavy atom. The first-order chi connectivity index (χ1) is 8.09. The first kappa shape index (κ1) is 14.2. The highest BCUT2D eigenvalue weighted by molar-refractivity contribution is 5.12. The van der Waals surface area contributed by atoms with Crippen molar-refractivity contribution in [3.63, 3.8) is 0 Å². The van der Waals surface area contributed by atoms with Gasteiger partial charge in [0.2, 0.25) is 0 Å². The summed E-state index contributed by atoms with van der Waals surface area (Å²) < 4.78 is 7.64. The normalized spacial score (nSPS) is 16.8. The van der Waals surface area contributed by atoms with E-state index < -0.39 is 0 Å². The Morgan fingerprint density at radius 1 is 1.53 bits per heavy atom. The van der Waals surface area contributed by atoms with Crippen molar-refractivity contribution in [2.45, 2.75) is 45.3 Å². The highest BCUT2D eigenvalue weighted by Gasteiger charge is 2.34. The van der Waals surface area contributed by atoms with Gasteiger partial charge in [0.1, 0.15) is 0 Å². The summed E-state index contributed by atoms with van der Waals surface area (Å²) in [5.41, 5.74) is 0.966. The Kier molecular flexibility index (Phi) is 5.15. The number of aromatic nitrogens is 2. The molecule has 1 heterocycles. The maximum absolute atomic E-state index is 5.72. The van der Waals surface area contributed by atoms with Crippen LogP contribution in [0.2, 0.25) is 0 Å². The molecule has 4 nitrogen and oxygen atoms in total. The van der Waals surface area contributed by atoms with Crippen molar-refractivity contribution in [2.75, 3.05) is 13.7 Å². The van der Waals surface area contributed by atoms with Gasteiger partial charge in [-0.3, -0.25) is 4.68 Å². The largest absolute Gasteiger partial charge is 0.376 e. The Labute approximate surface area is 104 Å². The minimum Gasteiger partial charge on any atom is -0.376 e. The second-order valence-electron chi connectivity index (χ2n) is 4.64. The molecule has 0 aliphatic rings. The van der Waals surface area contributed by atoms with Crippen LogP contribution >= 0.6 is 0 Å². The van der Waals surface area contributed by atoms with Crippen molar-refractivity contribution in [2.24, 2.45) is 7.05 Å². The van der Waals surface area contributed by atoms with Crippen molar-refractivity contribution >= 4 is 0 Å². The van der Waals surface area contributed by atoms with E-state index in [0.29, 0.717) is 0 Å². The first-order valence-corrected chi connectivity index (χ1v) is 6.35. The fourth-order valence-corrected chi connectivity index (χ4v) is 2.06. The third-order valence-corrected chi connectivity index (χ3v) is 3.53. The first-order valence-electron chi connectivity index (χ1n) is 6.35. The van der Waals surface area contributed by atoms with E-state index in [-0.39, 0.29) is 11.6 Å². The molecule has 4 heteroatoms. The minimum atomic E-state index is -0.205. The van der Waals surface area contributed by atoms with Crippen LogP contribution in [0.3, 0.4) is 0 Å². The molecule has 0 bridgehead atoms. The Morgan fingerprint density at radius 3 is 2.65 bits per heavy atom. The molecule has 0 aromatic carbocycles. The summed E-state index contributed by atoms with van der Waals surface area (Å²) in [4.78, 5) is 0. The average molecular weight is 239 g/mol. The summed E-state index contributed by atoms with van der Waals surface area (Å²) in [5.74, 6) is 0. The Hall–Kier alpha value is -0.870. The van der Waals surface area contributed by atoms with E-state index in [4.69, 9.17) is 4.74 Å². The molecule has 0 fully saturated rings. The van der Waals surface area contributed by atoms with E-state index in [2.05, 4.69) is 37.3 Å². The Balaban J connectivity index is 2.99. The van der Waals surface area contributed by atoms with Gasteiger partial charge in [-0.1, -0.05) is 13.8 Å². The van der Waals surface area contributed by atoms with E-state index in [1.807, 2.05) is 17.9 Å². The average Bonchev–Trinajstić information content (AvgIpc) is 2.75. The third-order valence-electron chi connectivity index (χ3n) is 3.53. The predicted molar refractivity (Wildman–Crippen MR) is 69.9 cm³/mol. The number of ether oxygens (including phenoxy) is 1. The molecule has 17 heavy (non-hydrogen) atoms. The fourth-order valence-electron chi connectivity index (χ4n) is 2.06. The molecule has 0 saturated heterocycles. The Bertz CT molecular complexity index is 331. The lowest BCUT2D eigenvalue weighted by Gasteiger charge is -2.36. The highest BCUT2D eigenvalue weighted by atomic mass is 16.5. The lowest BCUT2D eigenvalue weighted by Crippen LogP contribution is -2.44. The summed E-state index contributed by atoms with van der Waals surface area (Å²) in [5, 5.41) is 7.82. The lowest BCUT2D eigenvalue weighted by molar-refractivity contribution is -0.0319. The van der Waals surface area contributed by atoms with Crippen LogP contribution < -0.4 is 5.32 Å². The zero-order valence-corrected chi connectivity index (χ0v) is 11.7. The summed E-state index contributed by atoms with van der Waals surface area (Å²) in [7, 11) is 3.75. The fraction of sp³-hybridized carbons (Fsp3) is 0.769. The van der Waals surface area contributed by atoms with E-state index in [9.17, 15) is 0 Å². The molecule has 1 rings (SSSR count). The molecule has 98 valence electrons. The summed E-state index contributed by atoms with van der Waals surface area (Å²) in [6.07, 6.45) is 3.90. The van der Waals surface area contributed by atoms with Crippen LogP contribution in [0, 0.1) is 0 Å². The number of rotatable bonds is 7. The molecule has 0 amide bonds. The highest BCUT2D eigenvalue weighted by Crippen LogP contribution is 2.31. The van der Waals surface area contributed by atoms with Crippen molar-refractivity contribution in [3.8, 4) is 0 Å². The quantitative estimate of drug-likeness (QED) is 0.793. The van der Waals surface area contributed by atoms with Gasteiger partial charge >= 0.3 is 0 Å². The molecule has 0 spiro atoms. The lowest BCUT2D eigenvalue weighted by atomic mass is 9.90. The molecular formula is C13H25N3O. The second-order valence-corrected chi connectivity index (χ2v) is 4.64. The minimum absolute atomic E-state index is 0.171. The summed E-state index contributed by atoms with van der Waals surface area (Å²) in [6, 6.07) is 2.23. The van der Waals surface area contributed by atoms with Crippen molar-refractivity contribution in [1.82, 2.24) is 15.1 Å². The van der Waals surface area contributed by atoms with Gasteiger partial charge in [-0.15, -0.1) is 0 Å². The van der Waals surface area contributed by atoms with Crippen molar-refractivity contribution in [1.29, 1.82) is 0 Å². The zero-order chi connectivity index (χ0) is 12.9. The van der Waals surface area contributed by atoms with Gasteiger partial charge in [0, 0.05) is 20.4 Å². The third kappa shape index (κ3) is 3.07. The van der Waals surface area contributed by atoms with Gasteiger partial charge in [-0.25, -0.2) is 0 Å². The smallest absolute Gasteiger partial charge is 0.0857 e. The van der Waals surface area contributed by atoms with E-state index in [1.54, 1.807) is 7.11 Å². The van der Waals surface area contributed by atoms with Crippen LogP contribution in [0.1, 0.15) is 45.3 Å². The van der Waals surface area contributed by atoms with Gasteiger partial charge in [0.05, 0.1) is 17.3 Å². The van der Waals surface area contributed by atoms with Gasteiger partial charge in [-0.05, 0) is 32.4 Å². The number of hydrogen-bond donors (Lipinski definition) is 1. The van der Waals surface area contributed by atoms with E-state index in [0.717, 1.165) is 19.4 Å². The van der Waals surface area contributed by atoms with Gasteiger partial charge < -0.3 is 10.1 Å². The van der Waals surface area contributed by atoms with Crippen LogP contribution in [0.15, 0.2) is 12.3 Å². The molecule has 2 atom stereocenters. The number of methoxy groups -OCH3 is 1.